The Morgan fingerprint density at radius 1 is 1.25 bits per heavy atom. The van der Waals surface area contributed by atoms with Crippen molar-refractivity contribution < 1.29 is 14.2 Å². The predicted octanol–water partition coefficient (Wildman–Crippen LogP) is 4.05. The van der Waals surface area contributed by atoms with Gasteiger partial charge in [0.05, 0.1) is 12.9 Å². The second kappa shape index (κ2) is 11.0. The van der Waals surface area contributed by atoms with Gasteiger partial charge in [0.1, 0.15) is 12.2 Å². The van der Waals surface area contributed by atoms with Crippen molar-refractivity contribution in [3.05, 3.63) is 72.3 Å². The number of methoxy groups -OCH3 is 1. The van der Waals surface area contributed by atoms with E-state index in [4.69, 9.17) is 14.8 Å². The Hall–Kier alpha value is -3.02. The monoisotopic (exact) mass is 377 g/mol. The number of ether oxygens (including phenoxy) is 1. The Kier molecular flexibility index (Phi) is 8.34. The predicted molar refractivity (Wildman–Crippen MR) is 114 cm³/mol. The van der Waals surface area contributed by atoms with Crippen LogP contribution in [0.25, 0.3) is 0 Å². The normalized spacial score (nSPS) is 11.2. The van der Waals surface area contributed by atoms with Crippen molar-refractivity contribution >= 4 is 25.5 Å². The molecule has 0 aliphatic carbocycles. The van der Waals surface area contributed by atoms with Crippen LogP contribution in [0, 0.1) is 5.41 Å². The van der Waals surface area contributed by atoms with Crippen molar-refractivity contribution in [2.24, 2.45) is 0 Å². The molecule has 2 aromatic rings. The van der Waals surface area contributed by atoms with Crippen molar-refractivity contribution in [1.82, 2.24) is 0 Å². The number of benzene rings is 2. The van der Waals surface area contributed by atoms with Crippen molar-refractivity contribution in [2.75, 3.05) is 19.1 Å². The number of anilines is 1. The molecule has 5 nitrogen and oxygen atoms in total. The van der Waals surface area contributed by atoms with Crippen LogP contribution in [0.5, 0.6) is 5.75 Å². The molecule has 0 heterocycles. The van der Waals surface area contributed by atoms with Gasteiger partial charge in [-0.15, -0.1) is 6.58 Å². The van der Waals surface area contributed by atoms with Gasteiger partial charge in [0.15, 0.2) is 0 Å². The zero-order valence-electron chi connectivity index (χ0n) is 16.4. The van der Waals surface area contributed by atoms with Gasteiger partial charge >= 0.3 is 7.48 Å². The maximum absolute atomic E-state index is 13.1. The average molecular weight is 377 g/mol. The fourth-order valence-electron chi connectivity index (χ4n) is 2.94. The second-order valence-electron chi connectivity index (χ2n) is 6.44. The lowest BCUT2D eigenvalue weighted by atomic mass is 9.74. The summed E-state index contributed by atoms with van der Waals surface area (Å²) in [4.78, 5) is 14.7. The van der Waals surface area contributed by atoms with E-state index in [2.05, 4.69) is 18.7 Å². The zero-order valence-corrected chi connectivity index (χ0v) is 16.4. The highest BCUT2D eigenvalue weighted by Gasteiger charge is 2.26. The SMILES string of the molecule is C=CCCc1cccc(C[C@H]([B]OC=N)C(=O)N(C)c2ccc(OC)cc2)c1. The Morgan fingerprint density at radius 2 is 1.96 bits per heavy atom. The van der Waals surface area contributed by atoms with Gasteiger partial charge in [-0.2, -0.15) is 0 Å². The highest BCUT2D eigenvalue weighted by molar-refractivity contribution is 6.40. The Balaban J connectivity index is 2.15. The topological polar surface area (TPSA) is 62.6 Å². The molecule has 0 saturated carbocycles. The van der Waals surface area contributed by atoms with Gasteiger partial charge < -0.3 is 14.3 Å². The molecule has 0 spiro atoms. The number of nitrogens with one attached hydrogen (secondary N) is 1. The van der Waals surface area contributed by atoms with Crippen molar-refractivity contribution in [3.63, 3.8) is 0 Å². The summed E-state index contributed by atoms with van der Waals surface area (Å²) < 4.78 is 10.2. The molecule has 2 aromatic carbocycles. The molecule has 1 radical (unpaired) electrons. The maximum atomic E-state index is 13.1. The highest BCUT2D eigenvalue weighted by atomic mass is 16.5. The first-order valence-electron chi connectivity index (χ1n) is 9.17. The summed E-state index contributed by atoms with van der Waals surface area (Å²) in [5, 5.41) is 7.12. The van der Waals surface area contributed by atoms with E-state index in [0.29, 0.717) is 6.42 Å². The van der Waals surface area contributed by atoms with Crippen LogP contribution in [-0.4, -0.2) is 33.9 Å². The van der Waals surface area contributed by atoms with E-state index < -0.39 is 5.82 Å². The Morgan fingerprint density at radius 3 is 2.61 bits per heavy atom. The van der Waals surface area contributed by atoms with Gasteiger partial charge in [-0.3, -0.25) is 10.2 Å². The lowest BCUT2D eigenvalue weighted by Gasteiger charge is -2.23. The van der Waals surface area contributed by atoms with Crippen LogP contribution in [-0.2, 0) is 22.3 Å². The molecular formula is C22H26BN2O3. The Labute approximate surface area is 167 Å². The number of carbonyl (C=O) groups excluding carboxylic acids is 1. The average Bonchev–Trinajstić information content (AvgIpc) is 2.74. The van der Waals surface area contributed by atoms with Crippen LogP contribution in [0.2, 0.25) is 5.82 Å². The number of allylic oxidation sites excluding steroid dienone is 1. The summed E-state index contributed by atoms with van der Waals surface area (Å²) >= 11 is 0. The van der Waals surface area contributed by atoms with E-state index >= 15 is 0 Å². The quantitative estimate of drug-likeness (QED) is 0.278. The van der Waals surface area contributed by atoms with Gasteiger partial charge in [0.2, 0.25) is 5.91 Å². The molecule has 1 N–H and O–H groups in total. The van der Waals surface area contributed by atoms with Crippen LogP contribution in [0.15, 0.2) is 61.2 Å². The fraction of sp³-hybridized carbons (Fsp3) is 0.273. The van der Waals surface area contributed by atoms with Gasteiger partial charge in [-0.05, 0) is 54.7 Å². The van der Waals surface area contributed by atoms with Crippen LogP contribution in [0.3, 0.4) is 0 Å². The van der Waals surface area contributed by atoms with E-state index in [0.717, 1.165) is 36.2 Å². The van der Waals surface area contributed by atoms with Crippen LogP contribution in [0.1, 0.15) is 17.5 Å². The molecular weight excluding hydrogens is 351 g/mol. The summed E-state index contributed by atoms with van der Waals surface area (Å²) in [7, 11) is 4.76. The van der Waals surface area contributed by atoms with Crippen LogP contribution < -0.4 is 9.64 Å². The van der Waals surface area contributed by atoms with Gasteiger partial charge in [-0.25, -0.2) is 0 Å². The molecule has 0 aliphatic heterocycles. The molecule has 0 unspecified atom stereocenters. The molecule has 145 valence electrons. The number of rotatable bonds is 11. The van der Waals surface area contributed by atoms with E-state index in [-0.39, 0.29) is 5.91 Å². The number of hydrogen-bond donors (Lipinski definition) is 1. The van der Waals surface area contributed by atoms with Crippen molar-refractivity contribution in [3.8, 4) is 5.75 Å². The van der Waals surface area contributed by atoms with E-state index in [1.165, 1.54) is 13.0 Å². The number of amides is 1. The molecule has 0 saturated heterocycles. The molecule has 6 heteroatoms. The van der Waals surface area contributed by atoms with Crippen molar-refractivity contribution in [2.45, 2.75) is 25.1 Å². The minimum Gasteiger partial charge on any atom is -0.555 e. The van der Waals surface area contributed by atoms with E-state index in [9.17, 15) is 4.79 Å². The maximum Gasteiger partial charge on any atom is 0.384 e. The molecule has 2 rings (SSSR count). The Bertz CT molecular complexity index is 793. The molecule has 0 aliphatic rings. The molecule has 28 heavy (non-hydrogen) atoms. The standard InChI is InChI=1S/C22H26BN2O3/c1-4-5-7-17-8-6-9-18(14-17)15-21(23-28-16-24)22(26)25(2)19-10-12-20(27-3)13-11-19/h4,6,8-14,16,21,24H,1,5,7,15H2,2-3H3/t21-/m0/s1. The number of nitrogens with zero attached hydrogens (tertiary/aromatic N) is 1. The minimum atomic E-state index is -0.511. The lowest BCUT2D eigenvalue weighted by Crippen LogP contribution is -2.34. The third-order valence-corrected chi connectivity index (χ3v) is 4.50. The van der Waals surface area contributed by atoms with Gasteiger partial charge in [0.25, 0.3) is 0 Å². The molecule has 0 fully saturated rings. The van der Waals surface area contributed by atoms with Crippen LogP contribution >= 0.6 is 0 Å². The zero-order chi connectivity index (χ0) is 20.4. The first-order valence-corrected chi connectivity index (χ1v) is 9.17. The number of aryl methyl sites for hydroxylation is 1. The summed E-state index contributed by atoms with van der Waals surface area (Å²) in [6, 6.07) is 15.5. The first kappa shape index (κ1) is 21.3. The lowest BCUT2D eigenvalue weighted by molar-refractivity contribution is -0.118. The molecule has 0 bridgehead atoms. The highest BCUT2D eigenvalue weighted by Crippen LogP contribution is 2.23. The van der Waals surface area contributed by atoms with Gasteiger partial charge in [0, 0.05) is 12.7 Å². The summed E-state index contributed by atoms with van der Waals surface area (Å²) in [6.45, 7) is 3.76. The van der Waals surface area contributed by atoms with E-state index in [1.54, 1.807) is 19.1 Å². The minimum absolute atomic E-state index is 0.108. The number of hydrogen-bond acceptors (Lipinski definition) is 4. The van der Waals surface area contributed by atoms with Crippen molar-refractivity contribution in [1.29, 1.82) is 5.41 Å². The van der Waals surface area contributed by atoms with Crippen LogP contribution in [0.4, 0.5) is 5.69 Å². The molecule has 1 amide bonds. The largest absolute Gasteiger partial charge is 0.555 e. The summed E-state index contributed by atoms with van der Waals surface area (Å²) in [5.41, 5.74) is 3.02. The van der Waals surface area contributed by atoms with E-state index in [1.807, 2.05) is 42.5 Å². The third kappa shape index (κ3) is 6.01. The smallest absolute Gasteiger partial charge is 0.384 e. The second-order valence-corrected chi connectivity index (χ2v) is 6.44. The molecule has 1 atom stereocenters. The number of carbonyl (C=O) groups is 1. The fourth-order valence-corrected chi connectivity index (χ4v) is 2.94. The third-order valence-electron chi connectivity index (χ3n) is 4.50. The summed E-state index contributed by atoms with van der Waals surface area (Å²) in [5.74, 6) is 0.114. The van der Waals surface area contributed by atoms with Gasteiger partial charge in [-0.1, -0.05) is 30.3 Å². The molecule has 0 aromatic heterocycles. The summed E-state index contributed by atoms with van der Waals surface area (Å²) in [6.07, 6.45) is 5.05. The first-order chi connectivity index (χ1) is 13.6.